The predicted molar refractivity (Wildman–Crippen MR) is 109 cm³/mol. The van der Waals surface area contributed by atoms with Crippen molar-refractivity contribution in [2.75, 3.05) is 0 Å². The van der Waals surface area contributed by atoms with Gasteiger partial charge in [-0.3, -0.25) is 0 Å². The standard InChI is InChI=1S/C24H18FN2/c1-13-10-18-17-6-4-5-7-19(17)27-20-12-16(25)11-15-8-9-26(3)24(22(15)20)21(14(13)2)23(18)27/h4-12H,1-3H3/q+1. The Morgan fingerprint density at radius 3 is 2.56 bits per heavy atom. The largest absolute Gasteiger partial charge is 0.307 e. The van der Waals surface area contributed by atoms with Crippen molar-refractivity contribution in [1.82, 2.24) is 4.40 Å². The van der Waals surface area contributed by atoms with Crippen molar-refractivity contribution in [3.8, 4) is 0 Å². The molecule has 6 rings (SSSR count). The lowest BCUT2D eigenvalue weighted by molar-refractivity contribution is -0.643. The summed E-state index contributed by atoms with van der Waals surface area (Å²) in [5.41, 5.74) is 6.97. The van der Waals surface area contributed by atoms with Crippen molar-refractivity contribution in [2.45, 2.75) is 13.8 Å². The van der Waals surface area contributed by atoms with E-state index in [9.17, 15) is 4.39 Å². The number of nitrogens with zero attached hydrogens (tertiary/aromatic N) is 2. The summed E-state index contributed by atoms with van der Waals surface area (Å²) in [6, 6.07) is 16.0. The summed E-state index contributed by atoms with van der Waals surface area (Å²) >= 11 is 0. The Hall–Kier alpha value is -3.20. The maximum Gasteiger partial charge on any atom is 0.224 e. The van der Waals surface area contributed by atoms with Gasteiger partial charge < -0.3 is 4.40 Å². The van der Waals surface area contributed by atoms with Crippen LogP contribution in [0.4, 0.5) is 4.39 Å². The first kappa shape index (κ1) is 14.9. The summed E-state index contributed by atoms with van der Waals surface area (Å²) in [6.45, 7) is 4.37. The predicted octanol–water partition coefficient (Wildman–Crippen LogP) is 5.57. The van der Waals surface area contributed by atoms with Gasteiger partial charge in [0.05, 0.1) is 27.3 Å². The summed E-state index contributed by atoms with van der Waals surface area (Å²) in [5, 5.41) is 5.76. The molecule has 0 N–H and O–H groups in total. The molecule has 6 aromatic rings. The zero-order valence-corrected chi connectivity index (χ0v) is 15.5. The van der Waals surface area contributed by atoms with Crippen molar-refractivity contribution in [1.29, 1.82) is 0 Å². The van der Waals surface area contributed by atoms with Gasteiger partial charge in [-0.15, -0.1) is 0 Å². The second kappa shape index (κ2) is 4.74. The Morgan fingerprint density at radius 2 is 1.70 bits per heavy atom. The lowest BCUT2D eigenvalue weighted by Gasteiger charge is -2.14. The van der Waals surface area contributed by atoms with E-state index < -0.39 is 0 Å². The van der Waals surface area contributed by atoms with Crippen molar-refractivity contribution < 1.29 is 8.96 Å². The molecule has 3 heteroatoms. The van der Waals surface area contributed by atoms with E-state index in [0.29, 0.717) is 0 Å². The van der Waals surface area contributed by atoms with Crippen LogP contribution >= 0.6 is 0 Å². The molecule has 0 bridgehead atoms. The third-order valence-corrected chi connectivity index (χ3v) is 6.14. The minimum absolute atomic E-state index is 0.199. The van der Waals surface area contributed by atoms with Crippen LogP contribution in [-0.4, -0.2) is 4.40 Å². The van der Waals surface area contributed by atoms with Gasteiger partial charge in [-0.1, -0.05) is 18.2 Å². The fraction of sp³-hybridized carbons (Fsp3) is 0.125. The maximum absolute atomic E-state index is 14.5. The van der Waals surface area contributed by atoms with Gasteiger partial charge in [0.2, 0.25) is 5.52 Å². The lowest BCUT2D eigenvalue weighted by atomic mass is 9.96. The zero-order valence-electron chi connectivity index (χ0n) is 15.5. The molecule has 3 aromatic heterocycles. The van der Waals surface area contributed by atoms with Crippen LogP contribution in [0, 0.1) is 19.7 Å². The number of hydrogen-bond acceptors (Lipinski definition) is 0. The van der Waals surface area contributed by atoms with Gasteiger partial charge in [-0.25, -0.2) is 8.96 Å². The third kappa shape index (κ3) is 1.67. The van der Waals surface area contributed by atoms with Crippen LogP contribution < -0.4 is 4.57 Å². The number of fused-ring (bicyclic) bond motifs is 5. The molecule has 0 aliphatic heterocycles. The van der Waals surface area contributed by atoms with Gasteiger partial charge in [0.25, 0.3) is 0 Å². The lowest BCUT2D eigenvalue weighted by Crippen LogP contribution is -2.29. The maximum atomic E-state index is 14.5. The monoisotopic (exact) mass is 353 g/mol. The van der Waals surface area contributed by atoms with E-state index in [0.717, 1.165) is 21.8 Å². The zero-order chi connectivity index (χ0) is 18.4. The van der Waals surface area contributed by atoms with E-state index in [2.05, 4.69) is 60.2 Å². The highest BCUT2D eigenvalue weighted by atomic mass is 19.1. The van der Waals surface area contributed by atoms with Gasteiger partial charge in [0.15, 0.2) is 6.20 Å². The third-order valence-electron chi connectivity index (χ3n) is 6.14. The molecular weight excluding hydrogens is 335 g/mol. The van der Waals surface area contributed by atoms with Crippen molar-refractivity contribution >= 4 is 49.0 Å². The molecule has 130 valence electrons. The Balaban J connectivity index is 2.17. The SMILES string of the molecule is Cc1cc2c3ccccc3n3c4cc(F)cc5cc[n+](C)c(c(c1C)c23)c54. The van der Waals surface area contributed by atoms with Crippen LogP contribution in [0.2, 0.25) is 0 Å². The molecule has 2 nitrogen and oxygen atoms in total. The Kier molecular flexibility index (Phi) is 2.62. The summed E-state index contributed by atoms with van der Waals surface area (Å²) in [6.07, 6.45) is 2.03. The molecule has 0 radical (unpaired) electrons. The number of benzene rings is 3. The van der Waals surface area contributed by atoms with Gasteiger partial charge in [-0.05, 0) is 54.6 Å². The van der Waals surface area contributed by atoms with Crippen LogP contribution in [0.25, 0.3) is 49.0 Å². The molecule has 0 fully saturated rings. The smallest absolute Gasteiger partial charge is 0.224 e. The Morgan fingerprint density at radius 1 is 0.889 bits per heavy atom. The molecule has 3 heterocycles. The van der Waals surface area contributed by atoms with Crippen molar-refractivity contribution in [3.63, 3.8) is 0 Å². The first-order chi connectivity index (χ1) is 13.1. The van der Waals surface area contributed by atoms with Gasteiger partial charge in [-0.2, -0.15) is 0 Å². The Bertz CT molecular complexity index is 1560. The summed E-state index contributed by atoms with van der Waals surface area (Å²) in [5.74, 6) is -0.199. The molecule has 0 unspecified atom stereocenters. The van der Waals surface area contributed by atoms with E-state index in [1.54, 1.807) is 12.1 Å². The van der Waals surface area contributed by atoms with Crippen molar-refractivity contribution in [3.05, 3.63) is 71.7 Å². The highest BCUT2D eigenvalue weighted by Crippen LogP contribution is 2.41. The average Bonchev–Trinajstić information content (AvgIpc) is 2.98. The molecule has 3 aromatic carbocycles. The number of halogens is 1. The van der Waals surface area contributed by atoms with Crippen LogP contribution in [0.15, 0.2) is 54.7 Å². The highest BCUT2D eigenvalue weighted by molar-refractivity contribution is 6.26. The molecule has 0 saturated carbocycles. The van der Waals surface area contributed by atoms with E-state index in [4.69, 9.17) is 0 Å². The Labute approximate surface area is 155 Å². The van der Waals surface area contributed by atoms with Gasteiger partial charge in [0.1, 0.15) is 12.9 Å². The second-order valence-corrected chi connectivity index (χ2v) is 7.61. The summed E-state index contributed by atoms with van der Waals surface area (Å²) in [7, 11) is 2.08. The van der Waals surface area contributed by atoms with Gasteiger partial charge in [0, 0.05) is 16.8 Å². The number of aryl methyl sites for hydroxylation is 3. The molecule has 0 spiro atoms. The van der Waals surface area contributed by atoms with Crippen molar-refractivity contribution in [2.24, 2.45) is 7.05 Å². The summed E-state index contributed by atoms with van der Waals surface area (Å²) < 4.78 is 19.0. The topological polar surface area (TPSA) is 8.29 Å². The molecule has 0 amide bonds. The number of para-hydroxylation sites is 1. The molecule has 0 atom stereocenters. The van der Waals surface area contributed by atoms with Gasteiger partial charge >= 0.3 is 0 Å². The normalized spacial score (nSPS) is 12.4. The number of rotatable bonds is 0. The van der Waals surface area contributed by atoms with E-state index in [1.807, 2.05) is 12.3 Å². The minimum atomic E-state index is -0.199. The van der Waals surface area contributed by atoms with Crippen LogP contribution in [0.3, 0.4) is 0 Å². The first-order valence-corrected chi connectivity index (χ1v) is 9.22. The highest BCUT2D eigenvalue weighted by Gasteiger charge is 2.24. The van der Waals surface area contributed by atoms with E-state index in [1.165, 1.54) is 38.3 Å². The number of pyridine rings is 2. The number of aromatic nitrogens is 2. The first-order valence-electron chi connectivity index (χ1n) is 9.22. The quantitative estimate of drug-likeness (QED) is 0.192. The average molecular weight is 353 g/mol. The molecule has 0 saturated heterocycles. The fourth-order valence-electron chi connectivity index (χ4n) is 4.82. The molecular formula is C24H18FN2+. The minimum Gasteiger partial charge on any atom is -0.307 e. The van der Waals surface area contributed by atoms with E-state index >= 15 is 0 Å². The number of hydrogen-bond donors (Lipinski definition) is 0. The van der Waals surface area contributed by atoms with Crippen LogP contribution in [-0.2, 0) is 7.05 Å². The summed E-state index contributed by atoms with van der Waals surface area (Å²) in [4.78, 5) is 0. The molecule has 0 aliphatic rings. The van der Waals surface area contributed by atoms with Crippen LogP contribution in [0.1, 0.15) is 11.1 Å². The van der Waals surface area contributed by atoms with E-state index in [-0.39, 0.29) is 5.82 Å². The molecule has 27 heavy (non-hydrogen) atoms. The molecule has 0 aliphatic carbocycles. The second-order valence-electron chi connectivity index (χ2n) is 7.61. The van der Waals surface area contributed by atoms with Crippen LogP contribution in [0.5, 0.6) is 0 Å². The fourth-order valence-corrected chi connectivity index (χ4v) is 4.82.